The number of aryl methyl sites for hydroxylation is 2. The number of carbonyl (C=O) groups excluding carboxylic acids is 1. The van der Waals surface area contributed by atoms with Gasteiger partial charge < -0.3 is 9.84 Å². The first kappa shape index (κ1) is 13.4. The summed E-state index contributed by atoms with van der Waals surface area (Å²) in [5, 5.41) is 11.1. The van der Waals surface area contributed by atoms with E-state index in [4.69, 9.17) is 4.52 Å². The Hall–Kier alpha value is -2.63. The standard InChI is InChI=1S/C15H16N4O2/c1-10-14(11(2)21-18-10)8-15(20)16-9-12-7-13-5-3-4-6-19(13)17-12/h3-7H,8-9H2,1-2H3,(H,16,20). The van der Waals surface area contributed by atoms with Crippen LogP contribution in [0.2, 0.25) is 0 Å². The van der Waals surface area contributed by atoms with Gasteiger partial charge in [0.05, 0.1) is 29.9 Å². The maximum absolute atomic E-state index is 12.0. The van der Waals surface area contributed by atoms with Crippen LogP contribution in [0, 0.1) is 13.8 Å². The average Bonchev–Trinajstić information content (AvgIpc) is 3.03. The smallest absolute Gasteiger partial charge is 0.224 e. The van der Waals surface area contributed by atoms with Crippen molar-refractivity contribution in [1.29, 1.82) is 0 Å². The van der Waals surface area contributed by atoms with E-state index in [-0.39, 0.29) is 12.3 Å². The van der Waals surface area contributed by atoms with Crippen LogP contribution in [-0.2, 0) is 17.8 Å². The van der Waals surface area contributed by atoms with Gasteiger partial charge in [0.2, 0.25) is 5.91 Å². The van der Waals surface area contributed by atoms with Gasteiger partial charge in [-0.1, -0.05) is 11.2 Å². The number of nitrogens with zero attached hydrogens (tertiary/aromatic N) is 3. The fraction of sp³-hybridized carbons (Fsp3) is 0.267. The number of hydrogen-bond acceptors (Lipinski definition) is 4. The molecule has 0 saturated carbocycles. The summed E-state index contributed by atoms with van der Waals surface area (Å²) in [4.78, 5) is 12.0. The topological polar surface area (TPSA) is 72.4 Å². The van der Waals surface area contributed by atoms with Gasteiger partial charge in [0.1, 0.15) is 5.76 Å². The fourth-order valence-electron chi connectivity index (χ4n) is 2.24. The van der Waals surface area contributed by atoms with E-state index in [2.05, 4.69) is 15.6 Å². The predicted octanol–water partition coefficient (Wildman–Crippen LogP) is 1.80. The van der Waals surface area contributed by atoms with Crippen LogP contribution >= 0.6 is 0 Å². The molecule has 108 valence electrons. The van der Waals surface area contributed by atoms with Gasteiger partial charge in [-0.25, -0.2) is 4.52 Å². The Bertz CT molecular complexity index is 735. The van der Waals surface area contributed by atoms with E-state index in [1.807, 2.05) is 44.3 Å². The molecule has 1 N–H and O–H groups in total. The van der Waals surface area contributed by atoms with Crippen LogP contribution in [0.1, 0.15) is 22.7 Å². The molecule has 3 aromatic heterocycles. The highest BCUT2D eigenvalue weighted by atomic mass is 16.5. The predicted molar refractivity (Wildman–Crippen MR) is 76.7 cm³/mol. The first-order chi connectivity index (χ1) is 10.1. The van der Waals surface area contributed by atoms with Crippen LogP contribution in [0.25, 0.3) is 5.52 Å². The fourth-order valence-corrected chi connectivity index (χ4v) is 2.24. The van der Waals surface area contributed by atoms with Crippen LogP contribution in [0.3, 0.4) is 0 Å². The Balaban J connectivity index is 1.63. The van der Waals surface area contributed by atoms with Crippen molar-refractivity contribution in [2.75, 3.05) is 0 Å². The zero-order valence-corrected chi connectivity index (χ0v) is 12.0. The van der Waals surface area contributed by atoms with Crippen molar-refractivity contribution in [3.63, 3.8) is 0 Å². The molecule has 0 bridgehead atoms. The van der Waals surface area contributed by atoms with Crippen LogP contribution in [0.4, 0.5) is 0 Å². The third-order valence-electron chi connectivity index (χ3n) is 3.41. The molecule has 0 aliphatic carbocycles. The lowest BCUT2D eigenvalue weighted by molar-refractivity contribution is -0.120. The highest BCUT2D eigenvalue weighted by Gasteiger charge is 2.13. The van der Waals surface area contributed by atoms with E-state index >= 15 is 0 Å². The number of pyridine rings is 1. The van der Waals surface area contributed by atoms with Crippen LogP contribution < -0.4 is 5.32 Å². The normalized spacial score (nSPS) is 11.0. The van der Waals surface area contributed by atoms with Gasteiger partial charge in [-0.05, 0) is 32.0 Å². The second-order valence-electron chi connectivity index (χ2n) is 4.96. The lowest BCUT2D eigenvalue weighted by atomic mass is 10.1. The molecule has 0 radical (unpaired) electrons. The summed E-state index contributed by atoms with van der Waals surface area (Å²) in [7, 11) is 0. The van der Waals surface area contributed by atoms with Gasteiger partial charge in [0, 0.05) is 11.8 Å². The third kappa shape index (κ3) is 2.79. The van der Waals surface area contributed by atoms with Crippen molar-refractivity contribution < 1.29 is 9.32 Å². The molecule has 6 heteroatoms. The van der Waals surface area contributed by atoms with Crippen molar-refractivity contribution in [3.8, 4) is 0 Å². The Labute approximate surface area is 121 Å². The number of hydrogen-bond donors (Lipinski definition) is 1. The van der Waals surface area contributed by atoms with Crippen LogP contribution in [-0.4, -0.2) is 20.7 Å². The number of carbonyl (C=O) groups is 1. The molecule has 0 fully saturated rings. The summed E-state index contributed by atoms with van der Waals surface area (Å²) in [6.07, 6.45) is 2.15. The lowest BCUT2D eigenvalue weighted by Gasteiger charge is -2.02. The summed E-state index contributed by atoms with van der Waals surface area (Å²) < 4.78 is 6.84. The Morgan fingerprint density at radius 1 is 1.38 bits per heavy atom. The Morgan fingerprint density at radius 3 is 2.95 bits per heavy atom. The summed E-state index contributed by atoms with van der Waals surface area (Å²) in [6.45, 7) is 4.05. The minimum Gasteiger partial charge on any atom is -0.361 e. The number of aromatic nitrogens is 3. The van der Waals surface area contributed by atoms with Gasteiger partial charge in [0.15, 0.2) is 0 Å². The van der Waals surface area contributed by atoms with E-state index in [1.54, 1.807) is 4.52 Å². The third-order valence-corrected chi connectivity index (χ3v) is 3.41. The number of fused-ring (bicyclic) bond motifs is 1. The second-order valence-corrected chi connectivity index (χ2v) is 4.96. The number of nitrogens with one attached hydrogen (secondary N) is 1. The molecular formula is C15H16N4O2. The molecule has 0 atom stereocenters. The SMILES string of the molecule is Cc1noc(C)c1CC(=O)NCc1cc2ccccn2n1. The quantitative estimate of drug-likeness (QED) is 0.793. The monoisotopic (exact) mass is 284 g/mol. The number of rotatable bonds is 4. The van der Waals surface area contributed by atoms with Crippen molar-refractivity contribution in [1.82, 2.24) is 20.1 Å². The molecule has 0 aliphatic rings. The molecule has 0 aromatic carbocycles. The summed E-state index contributed by atoms with van der Waals surface area (Å²) >= 11 is 0. The largest absolute Gasteiger partial charge is 0.361 e. The molecule has 1 amide bonds. The van der Waals surface area contributed by atoms with E-state index < -0.39 is 0 Å². The highest BCUT2D eigenvalue weighted by Crippen LogP contribution is 2.12. The second kappa shape index (κ2) is 5.40. The minimum atomic E-state index is -0.0681. The summed E-state index contributed by atoms with van der Waals surface area (Å²) in [5.74, 6) is 0.622. The first-order valence-corrected chi connectivity index (χ1v) is 6.75. The van der Waals surface area contributed by atoms with E-state index in [9.17, 15) is 4.79 Å². The lowest BCUT2D eigenvalue weighted by Crippen LogP contribution is -2.25. The molecule has 3 heterocycles. The maximum Gasteiger partial charge on any atom is 0.224 e. The molecule has 0 spiro atoms. The van der Waals surface area contributed by atoms with Crippen molar-refractivity contribution >= 4 is 11.4 Å². The van der Waals surface area contributed by atoms with Gasteiger partial charge in [-0.3, -0.25) is 4.79 Å². The van der Waals surface area contributed by atoms with Crippen molar-refractivity contribution in [3.05, 3.63) is 53.2 Å². The van der Waals surface area contributed by atoms with Gasteiger partial charge >= 0.3 is 0 Å². The highest BCUT2D eigenvalue weighted by molar-refractivity contribution is 5.79. The van der Waals surface area contributed by atoms with E-state index in [1.165, 1.54) is 0 Å². The molecule has 21 heavy (non-hydrogen) atoms. The zero-order valence-electron chi connectivity index (χ0n) is 12.0. The molecule has 0 unspecified atom stereocenters. The van der Waals surface area contributed by atoms with Gasteiger partial charge in [-0.2, -0.15) is 5.10 Å². The molecule has 3 rings (SSSR count). The van der Waals surface area contributed by atoms with E-state index in [0.717, 1.165) is 22.5 Å². The van der Waals surface area contributed by atoms with Crippen molar-refractivity contribution in [2.24, 2.45) is 0 Å². The minimum absolute atomic E-state index is 0.0681. The number of amides is 1. The van der Waals surface area contributed by atoms with Crippen LogP contribution in [0.5, 0.6) is 0 Å². The average molecular weight is 284 g/mol. The summed E-state index contributed by atoms with van der Waals surface area (Å²) in [5.41, 5.74) is 3.44. The Morgan fingerprint density at radius 2 is 2.24 bits per heavy atom. The van der Waals surface area contributed by atoms with Gasteiger partial charge in [0.25, 0.3) is 0 Å². The molecule has 0 aliphatic heterocycles. The summed E-state index contributed by atoms with van der Waals surface area (Å²) in [6, 6.07) is 7.80. The van der Waals surface area contributed by atoms with E-state index in [0.29, 0.717) is 12.3 Å². The Kier molecular flexibility index (Phi) is 3.43. The van der Waals surface area contributed by atoms with Crippen molar-refractivity contribution in [2.45, 2.75) is 26.8 Å². The molecule has 3 aromatic rings. The molecular weight excluding hydrogens is 268 g/mol. The van der Waals surface area contributed by atoms with Gasteiger partial charge in [-0.15, -0.1) is 0 Å². The zero-order chi connectivity index (χ0) is 14.8. The van der Waals surface area contributed by atoms with Crippen LogP contribution in [0.15, 0.2) is 35.0 Å². The molecule has 6 nitrogen and oxygen atoms in total. The molecule has 0 saturated heterocycles. The maximum atomic E-state index is 12.0. The first-order valence-electron chi connectivity index (χ1n) is 6.75.